The molecule has 3 nitrogen and oxygen atoms in total. The molecule has 0 radical (unpaired) electrons. The number of aliphatic carboxylic acids is 1. The smallest absolute Gasteiger partial charge is 0.331 e. The van der Waals surface area contributed by atoms with Gasteiger partial charge in [0, 0.05) is 29.1 Å². The fourth-order valence-corrected chi connectivity index (χ4v) is 4.30. The van der Waals surface area contributed by atoms with Crippen molar-refractivity contribution in [2.75, 3.05) is 6.54 Å². The van der Waals surface area contributed by atoms with Crippen LogP contribution in [-0.4, -0.2) is 39.5 Å². The number of piperidine rings is 1. The van der Waals surface area contributed by atoms with Gasteiger partial charge in [-0.15, -0.1) is 11.6 Å². The van der Waals surface area contributed by atoms with Gasteiger partial charge in [0.1, 0.15) is 0 Å². The molecule has 2 aliphatic rings. The average molecular weight is 332 g/mol. The van der Waals surface area contributed by atoms with E-state index in [0.29, 0.717) is 16.6 Å². The molecule has 1 N–H and O–H groups in total. The zero-order valence-corrected chi connectivity index (χ0v) is 14.1. The highest BCUT2D eigenvalue weighted by Gasteiger charge is 2.46. The highest BCUT2D eigenvalue weighted by atomic mass is 35.5. The third kappa shape index (κ3) is 3.30. The van der Waals surface area contributed by atoms with Crippen molar-refractivity contribution in [3.05, 3.63) is 22.8 Å². The molecule has 0 aromatic carbocycles. The van der Waals surface area contributed by atoms with E-state index in [-0.39, 0.29) is 12.5 Å². The van der Waals surface area contributed by atoms with E-state index in [1.165, 1.54) is 6.42 Å². The zero-order chi connectivity index (χ0) is 15.6. The van der Waals surface area contributed by atoms with Crippen molar-refractivity contribution in [1.29, 1.82) is 0 Å². The van der Waals surface area contributed by atoms with Crippen molar-refractivity contribution in [1.82, 2.24) is 4.90 Å². The van der Waals surface area contributed by atoms with E-state index in [1.807, 2.05) is 0 Å². The number of carbonyl (C=O) groups is 1. The summed E-state index contributed by atoms with van der Waals surface area (Å²) in [6.45, 7) is 5.32. The zero-order valence-electron chi connectivity index (χ0n) is 12.6. The molecule has 3 atom stereocenters. The topological polar surface area (TPSA) is 40.5 Å². The van der Waals surface area contributed by atoms with E-state index in [0.717, 1.165) is 25.8 Å². The van der Waals surface area contributed by atoms with Crippen LogP contribution >= 0.6 is 23.2 Å². The van der Waals surface area contributed by atoms with Gasteiger partial charge >= 0.3 is 5.97 Å². The number of halogens is 2. The van der Waals surface area contributed by atoms with Crippen molar-refractivity contribution in [3.8, 4) is 0 Å². The third-order valence-electron chi connectivity index (χ3n) is 4.72. The van der Waals surface area contributed by atoms with Crippen LogP contribution < -0.4 is 0 Å². The SMILES string of the molecule is CCC(N1CCCCC1C)C1(Cl)CC(C(=O)O)=CC=C1Cl. The monoisotopic (exact) mass is 331 g/mol. The van der Waals surface area contributed by atoms with Crippen LogP contribution in [0, 0.1) is 0 Å². The maximum Gasteiger partial charge on any atom is 0.331 e. The van der Waals surface area contributed by atoms with Crippen LogP contribution in [0.1, 0.15) is 46.0 Å². The van der Waals surface area contributed by atoms with Gasteiger partial charge in [-0.2, -0.15) is 0 Å². The number of likely N-dealkylation sites (tertiary alicyclic amines) is 1. The van der Waals surface area contributed by atoms with Gasteiger partial charge in [0.25, 0.3) is 0 Å². The van der Waals surface area contributed by atoms with Crippen molar-refractivity contribution < 1.29 is 9.90 Å². The maximum atomic E-state index is 11.3. The molecule has 1 fully saturated rings. The molecule has 0 bridgehead atoms. The summed E-state index contributed by atoms with van der Waals surface area (Å²) in [5, 5.41) is 9.82. The molecular weight excluding hydrogens is 309 g/mol. The Labute approximate surface area is 136 Å². The van der Waals surface area contributed by atoms with Crippen LogP contribution in [0.4, 0.5) is 0 Å². The van der Waals surface area contributed by atoms with Gasteiger partial charge in [0.15, 0.2) is 0 Å². The normalized spacial score (nSPS) is 32.3. The lowest BCUT2D eigenvalue weighted by Gasteiger charge is -2.47. The fraction of sp³-hybridized carbons (Fsp3) is 0.688. The van der Waals surface area contributed by atoms with Gasteiger partial charge in [-0.1, -0.05) is 31.0 Å². The number of rotatable bonds is 4. The fourth-order valence-electron chi connectivity index (χ4n) is 3.56. The molecular formula is C16H23Cl2NO2. The summed E-state index contributed by atoms with van der Waals surface area (Å²) >= 11 is 13.3. The molecule has 21 heavy (non-hydrogen) atoms. The van der Waals surface area contributed by atoms with E-state index in [4.69, 9.17) is 23.2 Å². The van der Waals surface area contributed by atoms with Crippen molar-refractivity contribution in [3.63, 3.8) is 0 Å². The molecule has 3 unspecified atom stereocenters. The number of hydrogen-bond donors (Lipinski definition) is 1. The summed E-state index contributed by atoms with van der Waals surface area (Å²) in [5.41, 5.74) is 0.331. The van der Waals surface area contributed by atoms with Gasteiger partial charge in [0.2, 0.25) is 0 Å². The standard InChI is InChI=1S/C16H23Cl2NO2/c1-3-14(19-9-5-4-6-11(19)2)16(18)10-12(15(20)21)7-8-13(16)17/h7-8,11,14H,3-6,9-10H2,1-2H3,(H,20,21). The molecule has 1 heterocycles. The molecule has 1 aliphatic carbocycles. The van der Waals surface area contributed by atoms with Crippen molar-refractivity contribution in [2.24, 2.45) is 0 Å². The van der Waals surface area contributed by atoms with Gasteiger partial charge < -0.3 is 5.11 Å². The predicted octanol–water partition coefficient (Wildman–Crippen LogP) is 4.15. The molecule has 0 saturated carbocycles. The molecule has 0 amide bonds. The number of carboxylic acid groups (broad SMARTS) is 1. The Morgan fingerprint density at radius 1 is 1.52 bits per heavy atom. The molecule has 1 aliphatic heterocycles. The van der Waals surface area contributed by atoms with Gasteiger partial charge in [-0.25, -0.2) is 4.79 Å². The second kappa shape index (κ2) is 6.72. The summed E-state index contributed by atoms with van der Waals surface area (Å²) in [5.74, 6) is -0.915. The minimum Gasteiger partial charge on any atom is -0.478 e. The van der Waals surface area contributed by atoms with E-state index < -0.39 is 10.8 Å². The molecule has 0 aromatic heterocycles. The van der Waals surface area contributed by atoms with E-state index >= 15 is 0 Å². The number of allylic oxidation sites excluding steroid dienone is 2. The van der Waals surface area contributed by atoms with E-state index in [2.05, 4.69) is 18.7 Å². The Morgan fingerprint density at radius 3 is 2.81 bits per heavy atom. The molecule has 5 heteroatoms. The Kier molecular flexibility index (Phi) is 5.39. The quantitative estimate of drug-likeness (QED) is 0.786. The van der Waals surface area contributed by atoms with Crippen LogP contribution in [-0.2, 0) is 4.79 Å². The molecule has 0 aromatic rings. The van der Waals surface area contributed by atoms with Crippen molar-refractivity contribution >= 4 is 29.2 Å². The second-order valence-electron chi connectivity index (χ2n) is 6.06. The summed E-state index contributed by atoms with van der Waals surface area (Å²) in [6, 6.07) is 0.518. The van der Waals surface area contributed by atoms with Crippen molar-refractivity contribution in [2.45, 2.75) is 62.9 Å². The lowest BCUT2D eigenvalue weighted by atomic mass is 9.83. The summed E-state index contributed by atoms with van der Waals surface area (Å²) in [7, 11) is 0. The first kappa shape index (κ1) is 16.9. The number of carboxylic acids is 1. The van der Waals surface area contributed by atoms with Crippen LogP contribution in [0.2, 0.25) is 0 Å². The molecule has 0 spiro atoms. The largest absolute Gasteiger partial charge is 0.478 e. The van der Waals surface area contributed by atoms with Crippen LogP contribution in [0.3, 0.4) is 0 Å². The number of nitrogens with zero attached hydrogens (tertiary/aromatic N) is 1. The summed E-state index contributed by atoms with van der Waals surface area (Å²) in [4.78, 5) is 12.9. The summed E-state index contributed by atoms with van der Waals surface area (Å²) in [6.07, 6.45) is 7.92. The Morgan fingerprint density at radius 2 is 2.24 bits per heavy atom. The Balaban J connectivity index is 2.29. The van der Waals surface area contributed by atoms with Crippen LogP contribution in [0.15, 0.2) is 22.8 Å². The first-order valence-electron chi connectivity index (χ1n) is 7.65. The average Bonchev–Trinajstić information content (AvgIpc) is 2.44. The predicted molar refractivity (Wildman–Crippen MR) is 87.0 cm³/mol. The first-order valence-corrected chi connectivity index (χ1v) is 8.40. The minimum atomic E-state index is -0.915. The summed E-state index contributed by atoms with van der Waals surface area (Å²) < 4.78 is 0. The van der Waals surface area contributed by atoms with Gasteiger partial charge in [-0.3, -0.25) is 4.90 Å². The lowest BCUT2D eigenvalue weighted by Crippen LogP contribution is -2.55. The Bertz CT molecular complexity index is 475. The maximum absolute atomic E-state index is 11.3. The highest BCUT2D eigenvalue weighted by Crippen LogP contribution is 2.45. The van der Waals surface area contributed by atoms with Crippen LogP contribution in [0.5, 0.6) is 0 Å². The Hall–Kier alpha value is -0.510. The van der Waals surface area contributed by atoms with E-state index in [1.54, 1.807) is 12.2 Å². The highest BCUT2D eigenvalue weighted by molar-refractivity contribution is 6.40. The molecule has 118 valence electrons. The minimum absolute atomic E-state index is 0.0567. The number of alkyl halides is 1. The van der Waals surface area contributed by atoms with Crippen LogP contribution in [0.25, 0.3) is 0 Å². The third-order valence-corrected chi connectivity index (χ3v) is 5.87. The van der Waals surface area contributed by atoms with E-state index in [9.17, 15) is 9.90 Å². The molecule has 2 rings (SSSR count). The van der Waals surface area contributed by atoms with Gasteiger partial charge in [-0.05, 0) is 38.8 Å². The van der Waals surface area contributed by atoms with Gasteiger partial charge in [0.05, 0.1) is 4.87 Å². The second-order valence-corrected chi connectivity index (χ2v) is 7.14. The molecule has 1 saturated heterocycles. The number of hydrogen-bond acceptors (Lipinski definition) is 2. The lowest BCUT2D eigenvalue weighted by molar-refractivity contribution is -0.132. The first-order chi connectivity index (χ1) is 9.90.